The molecule has 2 rings (SSSR count). The summed E-state index contributed by atoms with van der Waals surface area (Å²) in [6.07, 6.45) is 0. The third-order valence-corrected chi connectivity index (χ3v) is 4.49. The molecular weight excluding hydrogens is 333 g/mol. The molecule has 0 atom stereocenters. The van der Waals surface area contributed by atoms with Crippen LogP contribution in [-0.4, -0.2) is 10.1 Å². The van der Waals surface area contributed by atoms with Crippen LogP contribution in [0.4, 0.5) is 0 Å². The first-order valence-electron chi connectivity index (χ1n) is 4.33. The highest BCUT2D eigenvalue weighted by atomic mass is 79.9. The summed E-state index contributed by atoms with van der Waals surface area (Å²) in [4.78, 5) is 5.07. The van der Waals surface area contributed by atoms with Crippen molar-refractivity contribution in [2.45, 2.75) is 6.61 Å². The number of nitrogens with zero attached hydrogens (tertiary/aromatic N) is 1. The van der Waals surface area contributed by atoms with Crippen LogP contribution in [0.5, 0.6) is 0 Å². The van der Waals surface area contributed by atoms with E-state index in [2.05, 4.69) is 20.9 Å². The number of benzene rings is 1. The average molecular weight is 339 g/mol. The summed E-state index contributed by atoms with van der Waals surface area (Å²) in [6, 6.07) is 5.25. The Balaban J connectivity index is 2.50. The molecule has 0 aliphatic carbocycles. The molecule has 0 amide bonds. The van der Waals surface area contributed by atoms with E-state index >= 15 is 0 Å². The van der Waals surface area contributed by atoms with Gasteiger partial charge in [0.25, 0.3) is 0 Å². The minimum absolute atomic E-state index is 0.0382. The van der Waals surface area contributed by atoms with Gasteiger partial charge in [-0.15, -0.1) is 11.3 Å². The quantitative estimate of drug-likeness (QED) is 0.881. The highest BCUT2D eigenvalue weighted by Gasteiger charge is 2.12. The standard InChI is InChI=1S/C10H6BrCl2NOS/c11-9-8(4-15)16-10(14-9)6-2-1-5(12)3-7(6)13/h1-3,15H,4H2. The lowest BCUT2D eigenvalue weighted by Crippen LogP contribution is -1.78. The van der Waals surface area contributed by atoms with Gasteiger partial charge in [-0.05, 0) is 34.1 Å². The second-order valence-corrected chi connectivity index (χ2v) is 5.69. The normalized spacial score (nSPS) is 10.8. The third-order valence-electron chi connectivity index (χ3n) is 1.95. The van der Waals surface area contributed by atoms with Gasteiger partial charge in [0.2, 0.25) is 0 Å². The summed E-state index contributed by atoms with van der Waals surface area (Å²) in [5.74, 6) is 0. The van der Waals surface area contributed by atoms with Crippen LogP contribution in [0.25, 0.3) is 10.6 Å². The van der Waals surface area contributed by atoms with E-state index in [1.165, 1.54) is 11.3 Å². The van der Waals surface area contributed by atoms with Gasteiger partial charge < -0.3 is 5.11 Å². The number of aliphatic hydroxyl groups excluding tert-OH is 1. The molecule has 0 saturated carbocycles. The van der Waals surface area contributed by atoms with Crippen molar-refractivity contribution in [1.29, 1.82) is 0 Å². The molecule has 0 aliphatic heterocycles. The number of thiazole rings is 1. The van der Waals surface area contributed by atoms with Gasteiger partial charge in [-0.3, -0.25) is 0 Å². The number of rotatable bonds is 2. The Hall–Kier alpha value is -0.130. The Morgan fingerprint density at radius 2 is 2.12 bits per heavy atom. The summed E-state index contributed by atoms with van der Waals surface area (Å²) in [5.41, 5.74) is 0.816. The fourth-order valence-corrected chi connectivity index (χ4v) is 3.28. The molecule has 0 unspecified atom stereocenters. The molecule has 0 fully saturated rings. The first kappa shape index (κ1) is 12.3. The zero-order valence-electron chi connectivity index (χ0n) is 7.88. The van der Waals surface area contributed by atoms with Gasteiger partial charge in [0, 0.05) is 10.6 Å². The Bertz CT molecular complexity index is 530. The minimum atomic E-state index is -0.0382. The Morgan fingerprint density at radius 1 is 1.38 bits per heavy atom. The van der Waals surface area contributed by atoms with Gasteiger partial charge in [-0.1, -0.05) is 23.2 Å². The predicted molar refractivity (Wildman–Crippen MR) is 71.2 cm³/mol. The molecule has 2 nitrogen and oxygen atoms in total. The summed E-state index contributed by atoms with van der Waals surface area (Å²) in [5, 5.41) is 11.0. The van der Waals surface area contributed by atoms with Crippen molar-refractivity contribution in [2.24, 2.45) is 0 Å². The van der Waals surface area contributed by atoms with Crippen LogP contribution in [0, 0.1) is 0 Å². The number of hydrogen-bond acceptors (Lipinski definition) is 3. The molecule has 2 aromatic rings. The molecule has 0 aliphatic rings. The summed E-state index contributed by atoms with van der Waals surface area (Å²) >= 11 is 16.6. The van der Waals surface area contributed by atoms with Crippen molar-refractivity contribution in [3.8, 4) is 10.6 Å². The van der Waals surface area contributed by atoms with E-state index in [9.17, 15) is 0 Å². The van der Waals surface area contributed by atoms with Crippen molar-refractivity contribution in [3.05, 3.63) is 37.7 Å². The zero-order chi connectivity index (χ0) is 11.7. The lowest BCUT2D eigenvalue weighted by atomic mass is 10.2. The molecule has 84 valence electrons. The summed E-state index contributed by atoms with van der Waals surface area (Å²) in [7, 11) is 0. The number of halogens is 3. The van der Waals surface area contributed by atoms with E-state index in [1.54, 1.807) is 12.1 Å². The number of hydrogen-bond donors (Lipinski definition) is 1. The predicted octanol–water partition coefficient (Wildman–Crippen LogP) is 4.37. The van der Waals surface area contributed by atoms with Gasteiger partial charge in [-0.25, -0.2) is 4.98 Å². The van der Waals surface area contributed by atoms with Crippen molar-refractivity contribution in [1.82, 2.24) is 4.98 Å². The maximum atomic E-state index is 9.08. The van der Waals surface area contributed by atoms with Gasteiger partial charge in [0.05, 0.1) is 16.5 Å². The fourth-order valence-electron chi connectivity index (χ4n) is 1.21. The smallest absolute Gasteiger partial charge is 0.126 e. The monoisotopic (exact) mass is 337 g/mol. The van der Waals surface area contributed by atoms with Crippen molar-refractivity contribution in [2.75, 3.05) is 0 Å². The molecule has 1 aromatic heterocycles. The molecule has 0 bridgehead atoms. The molecule has 6 heteroatoms. The van der Waals surface area contributed by atoms with Crippen LogP contribution in [0.15, 0.2) is 22.8 Å². The summed E-state index contributed by atoms with van der Waals surface area (Å²) in [6.45, 7) is -0.0382. The minimum Gasteiger partial charge on any atom is -0.391 e. The van der Waals surface area contributed by atoms with E-state index in [0.29, 0.717) is 14.6 Å². The Kier molecular flexibility index (Phi) is 3.87. The zero-order valence-corrected chi connectivity index (χ0v) is 11.8. The van der Waals surface area contributed by atoms with Crippen LogP contribution in [-0.2, 0) is 6.61 Å². The first-order valence-corrected chi connectivity index (χ1v) is 6.70. The molecule has 1 heterocycles. The second kappa shape index (κ2) is 5.02. The molecule has 0 radical (unpaired) electrons. The molecular formula is C10H6BrCl2NOS. The molecule has 0 saturated heterocycles. The first-order chi connectivity index (χ1) is 7.61. The molecule has 16 heavy (non-hydrogen) atoms. The largest absolute Gasteiger partial charge is 0.391 e. The van der Waals surface area contributed by atoms with Crippen molar-refractivity contribution < 1.29 is 5.11 Å². The van der Waals surface area contributed by atoms with Gasteiger partial charge in [0.15, 0.2) is 0 Å². The molecule has 1 N–H and O–H groups in total. The highest BCUT2D eigenvalue weighted by molar-refractivity contribution is 9.10. The number of aromatic nitrogens is 1. The highest BCUT2D eigenvalue weighted by Crippen LogP contribution is 2.35. The van der Waals surface area contributed by atoms with Crippen LogP contribution in [0.1, 0.15) is 4.88 Å². The Labute approximate surface area is 115 Å². The van der Waals surface area contributed by atoms with Crippen LogP contribution in [0.2, 0.25) is 10.0 Å². The van der Waals surface area contributed by atoms with Crippen LogP contribution >= 0.6 is 50.5 Å². The molecule has 0 spiro atoms. The van der Waals surface area contributed by atoms with Crippen molar-refractivity contribution in [3.63, 3.8) is 0 Å². The van der Waals surface area contributed by atoms with Gasteiger partial charge in [0.1, 0.15) is 9.61 Å². The SMILES string of the molecule is OCc1sc(-c2ccc(Cl)cc2Cl)nc1Br. The average Bonchev–Trinajstić information content (AvgIpc) is 2.59. The van der Waals surface area contributed by atoms with Crippen LogP contribution in [0.3, 0.4) is 0 Å². The van der Waals surface area contributed by atoms with E-state index in [-0.39, 0.29) is 6.61 Å². The van der Waals surface area contributed by atoms with Crippen molar-refractivity contribution >= 4 is 50.5 Å². The van der Waals surface area contributed by atoms with Crippen LogP contribution < -0.4 is 0 Å². The van der Waals surface area contributed by atoms with E-state index < -0.39 is 0 Å². The lowest BCUT2D eigenvalue weighted by molar-refractivity contribution is 0.284. The van der Waals surface area contributed by atoms with E-state index in [4.69, 9.17) is 28.3 Å². The van der Waals surface area contributed by atoms with Gasteiger partial charge >= 0.3 is 0 Å². The van der Waals surface area contributed by atoms with E-state index in [0.717, 1.165) is 15.4 Å². The fraction of sp³-hybridized carbons (Fsp3) is 0.100. The maximum Gasteiger partial charge on any atom is 0.126 e. The Morgan fingerprint density at radius 3 is 2.69 bits per heavy atom. The number of aliphatic hydroxyl groups is 1. The summed E-state index contributed by atoms with van der Waals surface area (Å²) < 4.78 is 0.654. The topological polar surface area (TPSA) is 33.1 Å². The van der Waals surface area contributed by atoms with Gasteiger partial charge in [-0.2, -0.15) is 0 Å². The lowest BCUT2D eigenvalue weighted by Gasteiger charge is -1.99. The third kappa shape index (κ3) is 2.41. The maximum absolute atomic E-state index is 9.08. The van der Waals surface area contributed by atoms with E-state index in [1.807, 2.05) is 6.07 Å². The molecule has 1 aromatic carbocycles. The second-order valence-electron chi connectivity index (χ2n) is 3.02.